The average molecular weight is 414 g/mol. The van der Waals surface area contributed by atoms with E-state index >= 15 is 0 Å². The Labute approximate surface area is 172 Å². The van der Waals surface area contributed by atoms with Crippen molar-refractivity contribution in [2.75, 3.05) is 0 Å². The number of para-hydroxylation sites is 1. The number of halogens is 3. The molecule has 0 saturated heterocycles. The lowest BCUT2D eigenvalue weighted by Gasteiger charge is -2.18. The second-order valence-electron chi connectivity index (χ2n) is 7.72. The molecule has 0 bridgehead atoms. The molecule has 0 atom stereocenters. The first-order valence-electron chi connectivity index (χ1n) is 9.22. The van der Waals surface area contributed by atoms with Crippen molar-refractivity contribution in [2.45, 2.75) is 32.4 Å². The second kappa shape index (κ2) is 8.14. The number of hydrogen-bond acceptors (Lipinski definition) is 3. The molecule has 0 aliphatic heterocycles. The molecule has 30 heavy (non-hydrogen) atoms. The molecule has 1 heterocycles. The molecule has 1 amide bonds. The van der Waals surface area contributed by atoms with E-state index in [1.165, 1.54) is 18.3 Å². The molecule has 1 N–H and O–H groups in total. The van der Waals surface area contributed by atoms with E-state index in [0.29, 0.717) is 10.2 Å². The van der Waals surface area contributed by atoms with Crippen LogP contribution in [0, 0.1) is 0 Å². The van der Waals surface area contributed by atoms with Gasteiger partial charge in [-0.2, -0.15) is 23.4 Å². The molecule has 0 spiro atoms. The highest BCUT2D eigenvalue weighted by atomic mass is 19.4. The first-order valence-corrected chi connectivity index (χ1v) is 9.22. The van der Waals surface area contributed by atoms with Gasteiger partial charge in [0.1, 0.15) is 0 Å². The van der Waals surface area contributed by atoms with Crippen molar-refractivity contribution in [3.05, 3.63) is 83.2 Å². The van der Waals surface area contributed by atoms with Gasteiger partial charge >= 0.3 is 6.18 Å². The minimum absolute atomic E-state index is 0.00318. The molecule has 0 aliphatic carbocycles. The van der Waals surface area contributed by atoms with Gasteiger partial charge in [0.25, 0.3) is 5.91 Å². The monoisotopic (exact) mass is 414 g/mol. The summed E-state index contributed by atoms with van der Waals surface area (Å²) in [4.78, 5) is 12.4. The normalized spacial score (nSPS) is 12.3. The molecule has 0 fully saturated rings. The molecule has 5 nitrogen and oxygen atoms in total. The van der Waals surface area contributed by atoms with Crippen LogP contribution in [0.1, 0.15) is 48.0 Å². The van der Waals surface area contributed by atoms with Gasteiger partial charge in [0.15, 0.2) is 5.69 Å². The molecule has 8 heteroatoms. The van der Waals surface area contributed by atoms with Crippen molar-refractivity contribution in [3.8, 4) is 5.69 Å². The van der Waals surface area contributed by atoms with Gasteiger partial charge in [0.2, 0.25) is 0 Å². The highest BCUT2D eigenvalue weighted by molar-refractivity contribution is 5.96. The van der Waals surface area contributed by atoms with Crippen molar-refractivity contribution in [2.24, 2.45) is 5.10 Å². The van der Waals surface area contributed by atoms with Crippen LogP contribution in [0.4, 0.5) is 13.2 Å². The van der Waals surface area contributed by atoms with Crippen LogP contribution in [0.2, 0.25) is 0 Å². The average Bonchev–Trinajstić information content (AvgIpc) is 3.14. The van der Waals surface area contributed by atoms with Gasteiger partial charge in [-0.3, -0.25) is 4.79 Å². The van der Waals surface area contributed by atoms with Gasteiger partial charge in [0.05, 0.1) is 23.7 Å². The number of nitrogens with zero attached hydrogens (tertiary/aromatic N) is 3. The Morgan fingerprint density at radius 1 is 1.03 bits per heavy atom. The Hall–Kier alpha value is -3.42. The fourth-order valence-corrected chi connectivity index (χ4v) is 2.85. The lowest BCUT2D eigenvalue weighted by Crippen LogP contribution is -2.23. The first-order chi connectivity index (χ1) is 14.1. The van der Waals surface area contributed by atoms with E-state index in [-0.39, 0.29) is 11.1 Å². The number of aromatic nitrogens is 2. The summed E-state index contributed by atoms with van der Waals surface area (Å²) in [5.41, 5.74) is 2.42. The van der Waals surface area contributed by atoms with Gasteiger partial charge in [0, 0.05) is 0 Å². The molecular formula is C22H21F3N4O. The summed E-state index contributed by atoms with van der Waals surface area (Å²) in [6, 6.07) is 15.3. The molecular weight excluding hydrogens is 393 g/mol. The van der Waals surface area contributed by atoms with Gasteiger partial charge < -0.3 is 0 Å². The van der Waals surface area contributed by atoms with E-state index in [1.807, 2.05) is 24.3 Å². The Balaban J connectivity index is 1.80. The maximum absolute atomic E-state index is 13.6. The predicted octanol–water partition coefficient (Wildman–Crippen LogP) is 4.95. The Morgan fingerprint density at radius 2 is 1.67 bits per heavy atom. The van der Waals surface area contributed by atoms with E-state index < -0.39 is 23.3 Å². The summed E-state index contributed by atoms with van der Waals surface area (Å²) in [6.07, 6.45) is -2.51. The lowest BCUT2D eigenvalue weighted by molar-refractivity contribution is -0.143. The SMILES string of the molecule is CC(C)(C)c1ccc(/C=N\NC(=O)c2cnn(-c3ccccc3)c2C(F)(F)F)cc1. The molecule has 156 valence electrons. The standard InChI is InChI=1S/C22H21F3N4O/c1-21(2,3)16-11-9-15(10-12-16)13-26-28-20(30)18-14-27-29(19(18)22(23,24)25)17-7-5-4-6-8-17/h4-14H,1-3H3,(H,28,30)/b26-13-. The zero-order valence-electron chi connectivity index (χ0n) is 16.7. The lowest BCUT2D eigenvalue weighted by atomic mass is 9.87. The number of carbonyl (C=O) groups excluding carboxylic acids is 1. The smallest absolute Gasteiger partial charge is 0.267 e. The van der Waals surface area contributed by atoms with Crippen LogP contribution in [-0.4, -0.2) is 21.9 Å². The second-order valence-corrected chi connectivity index (χ2v) is 7.72. The number of benzene rings is 2. The van der Waals surface area contributed by atoms with Crippen LogP contribution in [0.3, 0.4) is 0 Å². The van der Waals surface area contributed by atoms with E-state index in [9.17, 15) is 18.0 Å². The highest BCUT2D eigenvalue weighted by Gasteiger charge is 2.40. The van der Waals surface area contributed by atoms with Crippen molar-refractivity contribution in [1.82, 2.24) is 15.2 Å². The van der Waals surface area contributed by atoms with Crippen LogP contribution in [0.5, 0.6) is 0 Å². The molecule has 0 saturated carbocycles. The number of hydrazone groups is 1. The third kappa shape index (κ3) is 4.76. The molecule has 0 aliphatic rings. The Kier molecular flexibility index (Phi) is 5.78. The third-order valence-electron chi connectivity index (χ3n) is 4.44. The van der Waals surface area contributed by atoms with E-state index in [1.54, 1.807) is 18.2 Å². The maximum atomic E-state index is 13.6. The van der Waals surface area contributed by atoms with E-state index in [4.69, 9.17) is 0 Å². The van der Waals surface area contributed by atoms with Crippen LogP contribution in [-0.2, 0) is 11.6 Å². The quantitative estimate of drug-likeness (QED) is 0.485. The molecule has 3 aromatic rings. The topological polar surface area (TPSA) is 59.3 Å². The number of nitrogens with one attached hydrogen (secondary N) is 1. The number of alkyl halides is 3. The fraction of sp³-hybridized carbons (Fsp3) is 0.227. The Bertz CT molecular complexity index is 1050. The summed E-state index contributed by atoms with van der Waals surface area (Å²) in [6.45, 7) is 6.26. The number of amides is 1. The zero-order valence-corrected chi connectivity index (χ0v) is 16.7. The van der Waals surface area contributed by atoms with E-state index in [0.717, 1.165) is 11.8 Å². The van der Waals surface area contributed by atoms with Gasteiger partial charge in [-0.1, -0.05) is 63.2 Å². The minimum Gasteiger partial charge on any atom is -0.267 e. The molecule has 1 aromatic heterocycles. The van der Waals surface area contributed by atoms with E-state index in [2.05, 4.69) is 36.4 Å². The van der Waals surface area contributed by atoms with Crippen LogP contribution >= 0.6 is 0 Å². The third-order valence-corrected chi connectivity index (χ3v) is 4.44. The summed E-state index contributed by atoms with van der Waals surface area (Å²) in [5.74, 6) is -0.993. The zero-order chi connectivity index (χ0) is 21.9. The van der Waals surface area contributed by atoms with Crippen molar-refractivity contribution in [1.29, 1.82) is 0 Å². The largest absolute Gasteiger partial charge is 0.434 e. The van der Waals surface area contributed by atoms with Crippen molar-refractivity contribution < 1.29 is 18.0 Å². The molecule has 2 aromatic carbocycles. The van der Waals surface area contributed by atoms with Crippen molar-refractivity contribution in [3.63, 3.8) is 0 Å². The first kappa shape index (κ1) is 21.3. The maximum Gasteiger partial charge on any atom is 0.434 e. The molecule has 0 unspecified atom stereocenters. The van der Waals surface area contributed by atoms with Crippen LogP contribution in [0.25, 0.3) is 5.69 Å². The summed E-state index contributed by atoms with van der Waals surface area (Å²) in [5, 5.41) is 7.54. The van der Waals surface area contributed by atoms with Gasteiger partial charge in [-0.25, -0.2) is 10.1 Å². The van der Waals surface area contributed by atoms with Gasteiger partial charge in [-0.15, -0.1) is 0 Å². The summed E-state index contributed by atoms with van der Waals surface area (Å²) < 4.78 is 41.6. The minimum atomic E-state index is -4.77. The fourth-order valence-electron chi connectivity index (χ4n) is 2.85. The summed E-state index contributed by atoms with van der Waals surface area (Å²) in [7, 11) is 0. The predicted molar refractivity (Wildman–Crippen MR) is 109 cm³/mol. The molecule has 0 radical (unpaired) electrons. The van der Waals surface area contributed by atoms with Gasteiger partial charge in [-0.05, 0) is 28.7 Å². The Morgan fingerprint density at radius 3 is 2.23 bits per heavy atom. The number of carbonyl (C=O) groups is 1. The van der Waals surface area contributed by atoms with Crippen LogP contribution in [0.15, 0.2) is 65.9 Å². The van der Waals surface area contributed by atoms with Crippen molar-refractivity contribution >= 4 is 12.1 Å². The molecule has 3 rings (SSSR count). The van der Waals surface area contributed by atoms with Crippen LogP contribution < -0.4 is 5.43 Å². The highest BCUT2D eigenvalue weighted by Crippen LogP contribution is 2.33. The number of rotatable bonds is 4. The summed E-state index contributed by atoms with van der Waals surface area (Å²) >= 11 is 0. The number of hydrogen-bond donors (Lipinski definition) is 1.